The molecule has 3 nitrogen and oxygen atoms in total. The molecular formula is C6H5BrN2O. The zero-order chi connectivity index (χ0) is 7.56. The summed E-state index contributed by atoms with van der Waals surface area (Å²) >= 11 is 3.09. The maximum atomic E-state index is 10.1. The van der Waals surface area contributed by atoms with Gasteiger partial charge in [0.25, 0.3) is 0 Å². The number of hydrogen-bond acceptors (Lipinski definition) is 3. The Morgan fingerprint density at radius 3 is 2.80 bits per heavy atom. The van der Waals surface area contributed by atoms with Crippen molar-refractivity contribution in [2.45, 2.75) is 0 Å². The van der Waals surface area contributed by atoms with E-state index in [9.17, 15) is 4.79 Å². The van der Waals surface area contributed by atoms with Gasteiger partial charge in [-0.3, -0.25) is 4.79 Å². The number of rotatable bonds is 1. The topological polar surface area (TPSA) is 56.0 Å². The molecule has 0 aliphatic rings. The van der Waals surface area contributed by atoms with Crippen LogP contribution in [-0.2, 0) is 0 Å². The van der Waals surface area contributed by atoms with Gasteiger partial charge in [0.15, 0.2) is 6.29 Å². The summed E-state index contributed by atoms with van der Waals surface area (Å²) in [7, 11) is 0. The molecule has 0 aliphatic heterocycles. The molecule has 1 heterocycles. The summed E-state index contributed by atoms with van der Waals surface area (Å²) in [6, 6.07) is 3.19. The summed E-state index contributed by atoms with van der Waals surface area (Å²) in [6.45, 7) is 0. The number of nitrogens with zero attached hydrogens (tertiary/aromatic N) is 1. The van der Waals surface area contributed by atoms with E-state index < -0.39 is 0 Å². The van der Waals surface area contributed by atoms with Crippen molar-refractivity contribution >= 4 is 27.9 Å². The molecule has 52 valence electrons. The van der Waals surface area contributed by atoms with Crippen molar-refractivity contribution in [3.8, 4) is 0 Å². The predicted octanol–water partition coefficient (Wildman–Crippen LogP) is 1.24. The molecule has 0 radical (unpaired) electrons. The van der Waals surface area contributed by atoms with Crippen LogP contribution >= 0.6 is 15.9 Å². The molecule has 0 saturated carbocycles. The Bertz CT molecular complexity index is 262. The Morgan fingerprint density at radius 2 is 2.30 bits per heavy atom. The maximum absolute atomic E-state index is 10.1. The van der Waals surface area contributed by atoms with E-state index in [0.717, 1.165) is 0 Å². The van der Waals surface area contributed by atoms with Crippen LogP contribution in [0, 0.1) is 0 Å². The highest BCUT2D eigenvalue weighted by Gasteiger charge is 1.96. The number of carbonyl (C=O) groups is 1. The van der Waals surface area contributed by atoms with E-state index in [1.165, 1.54) is 0 Å². The first kappa shape index (κ1) is 7.21. The molecule has 0 unspecified atom stereocenters. The smallest absolute Gasteiger partial charge is 0.168 e. The Balaban J connectivity index is 3.16. The lowest BCUT2D eigenvalue weighted by Gasteiger charge is -1.95. The van der Waals surface area contributed by atoms with Gasteiger partial charge in [0.2, 0.25) is 0 Å². The number of halogens is 1. The zero-order valence-corrected chi connectivity index (χ0v) is 6.63. The number of pyridine rings is 1. The Labute approximate surface area is 66.4 Å². The second kappa shape index (κ2) is 2.79. The van der Waals surface area contributed by atoms with Crippen molar-refractivity contribution in [1.82, 2.24) is 4.98 Å². The van der Waals surface area contributed by atoms with Crippen LogP contribution in [0.3, 0.4) is 0 Å². The van der Waals surface area contributed by atoms with Crippen molar-refractivity contribution in [2.75, 3.05) is 5.73 Å². The first-order chi connectivity index (χ1) is 4.74. The highest BCUT2D eigenvalue weighted by atomic mass is 79.9. The van der Waals surface area contributed by atoms with Gasteiger partial charge in [0.05, 0.1) is 5.69 Å². The van der Waals surface area contributed by atoms with Gasteiger partial charge in [0, 0.05) is 0 Å². The number of carbonyl (C=O) groups excluding carboxylic acids is 1. The summed E-state index contributed by atoms with van der Waals surface area (Å²) < 4.78 is 0.511. The van der Waals surface area contributed by atoms with Crippen LogP contribution in [0.15, 0.2) is 16.7 Å². The van der Waals surface area contributed by atoms with Gasteiger partial charge < -0.3 is 5.73 Å². The molecule has 2 N–H and O–H groups in total. The van der Waals surface area contributed by atoms with Gasteiger partial charge in [-0.1, -0.05) is 0 Å². The summed E-state index contributed by atoms with van der Waals surface area (Å²) in [5, 5.41) is 0. The van der Waals surface area contributed by atoms with E-state index in [4.69, 9.17) is 5.73 Å². The van der Waals surface area contributed by atoms with Crippen molar-refractivity contribution in [3.05, 3.63) is 22.4 Å². The molecule has 4 heteroatoms. The molecule has 0 aromatic carbocycles. The van der Waals surface area contributed by atoms with Crippen LogP contribution in [0.5, 0.6) is 0 Å². The third-order valence-corrected chi connectivity index (χ3v) is 1.66. The number of nitrogen functional groups attached to an aromatic ring is 1. The molecule has 0 saturated heterocycles. The van der Waals surface area contributed by atoms with Crippen LogP contribution in [-0.4, -0.2) is 11.3 Å². The van der Waals surface area contributed by atoms with Gasteiger partial charge in [-0.25, -0.2) is 4.98 Å². The summed E-state index contributed by atoms with van der Waals surface area (Å²) in [4.78, 5) is 14.0. The Hall–Kier alpha value is -0.900. The fourth-order valence-electron chi connectivity index (χ4n) is 0.525. The predicted molar refractivity (Wildman–Crippen MR) is 41.7 cm³/mol. The van der Waals surface area contributed by atoms with E-state index >= 15 is 0 Å². The first-order valence-electron chi connectivity index (χ1n) is 2.61. The van der Waals surface area contributed by atoms with Crippen molar-refractivity contribution in [3.63, 3.8) is 0 Å². The van der Waals surface area contributed by atoms with Crippen LogP contribution in [0.1, 0.15) is 10.5 Å². The minimum Gasteiger partial charge on any atom is -0.397 e. The highest BCUT2D eigenvalue weighted by molar-refractivity contribution is 9.10. The lowest BCUT2D eigenvalue weighted by molar-refractivity contribution is 0.111. The summed E-state index contributed by atoms with van der Waals surface area (Å²) in [5.41, 5.74) is 6.33. The Kier molecular flexibility index (Phi) is 2.01. The van der Waals surface area contributed by atoms with Crippen molar-refractivity contribution in [2.24, 2.45) is 0 Å². The largest absolute Gasteiger partial charge is 0.397 e. The number of anilines is 1. The number of aromatic nitrogens is 1. The lowest BCUT2D eigenvalue weighted by atomic mass is 10.3. The molecule has 0 atom stereocenters. The fraction of sp³-hybridized carbons (Fsp3) is 0. The summed E-state index contributed by atoms with van der Waals surface area (Å²) in [6.07, 6.45) is 0.671. The van der Waals surface area contributed by atoms with E-state index in [1.807, 2.05) is 0 Å². The molecule has 0 bridgehead atoms. The van der Waals surface area contributed by atoms with E-state index in [2.05, 4.69) is 20.9 Å². The van der Waals surface area contributed by atoms with Gasteiger partial charge >= 0.3 is 0 Å². The first-order valence-corrected chi connectivity index (χ1v) is 3.40. The average Bonchev–Trinajstić information content (AvgIpc) is 1.95. The maximum Gasteiger partial charge on any atom is 0.168 e. The van der Waals surface area contributed by atoms with Crippen molar-refractivity contribution < 1.29 is 4.79 Å². The third-order valence-electron chi connectivity index (χ3n) is 1.02. The van der Waals surface area contributed by atoms with Gasteiger partial charge in [-0.15, -0.1) is 0 Å². The van der Waals surface area contributed by atoms with Crippen LogP contribution in [0.25, 0.3) is 0 Å². The molecule has 1 aromatic rings. The molecule has 0 amide bonds. The molecular weight excluding hydrogens is 196 g/mol. The minimum absolute atomic E-state index is 0.376. The number of nitrogens with two attached hydrogens (primary N) is 1. The standard InChI is InChI=1S/C6H5BrN2O/c7-6-5(8)2-1-4(3-10)9-6/h1-3H,8H2. The zero-order valence-electron chi connectivity index (χ0n) is 5.04. The van der Waals surface area contributed by atoms with Gasteiger partial charge in [-0.05, 0) is 28.1 Å². The van der Waals surface area contributed by atoms with Crippen LogP contribution in [0.4, 0.5) is 5.69 Å². The monoisotopic (exact) mass is 200 g/mol. The molecule has 0 fully saturated rings. The second-order valence-electron chi connectivity index (χ2n) is 1.73. The van der Waals surface area contributed by atoms with E-state index in [1.54, 1.807) is 12.1 Å². The van der Waals surface area contributed by atoms with Crippen molar-refractivity contribution in [1.29, 1.82) is 0 Å². The fourth-order valence-corrected chi connectivity index (χ4v) is 0.862. The number of aldehydes is 1. The van der Waals surface area contributed by atoms with Crippen LogP contribution < -0.4 is 5.73 Å². The minimum atomic E-state index is 0.376. The third kappa shape index (κ3) is 1.33. The van der Waals surface area contributed by atoms with Crippen LogP contribution in [0.2, 0.25) is 0 Å². The highest BCUT2D eigenvalue weighted by Crippen LogP contribution is 2.14. The second-order valence-corrected chi connectivity index (χ2v) is 2.49. The van der Waals surface area contributed by atoms with Gasteiger partial charge in [-0.2, -0.15) is 0 Å². The molecule has 1 rings (SSSR count). The quantitative estimate of drug-likeness (QED) is 0.549. The lowest BCUT2D eigenvalue weighted by Crippen LogP contribution is -1.92. The summed E-state index contributed by atoms with van der Waals surface area (Å²) in [5.74, 6) is 0. The SMILES string of the molecule is Nc1ccc(C=O)nc1Br. The molecule has 0 spiro atoms. The van der Waals surface area contributed by atoms with E-state index in [-0.39, 0.29) is 0 Å². The average molecular weight is 201 g/mol. The van der Waals surface area contributed by atoms with Gasteiger partial charge in [0.1, 0.15) is 10.3 Å². The number of hydrogen-bond donors (Lipinski definition) is 1. The normalized spacial score (nSPS) is 9.30. The Morgan fingerprint density at radius 1 is 1.60 bits per heavy atom. The molecule has 10 heavy (non-hydrogen) atoms. The van der Waals surface area contributed by atoms with E-state index in [0.29, 0.717) is 22.3 Å². The molecule has 1 aromatic heterocycles. The molecule has 0 aliphatic carbocycles.